The van der Waals surface area contributed by atoms with Gasteiger partial charge in [-0.2, -0.15) is 0 Å². The van der Waals surface area contributed by atoms with Crippen LogP contribution >= 0.6 is 0 Å². The Kier molecular flexibility index (Phi) is 4.01. The fraction of sp³-hybridized carbons (Fsp3) is 0.562. The summed E-state index contributed by atoms with van der Waals surface area (Å²) >= 11 is 0. The number of rotatable bonds is 3. The Balaban J connectivity index is 1.67. The number of piperidine rings is 1. The van der Waals surface area contributed by atoms with Crippen LogP contribution in [0.2, 0.25) is 0 Å². The van der Waals surface area contributed by atoms with Crippen molar-refractivity contribution in [2.75, 3.05) is 43.0 Å². The summed E-state index contributed by atoms with van der Waals surface area (Å²) in [5.41, 5.74) is 9.86. The second kappa shape index (κ2) is 5.93. The lowest BCUT2D eigenvalue weighted by atomic mass is 9.97. The summed E-state index contributed by atoms with van der Waals surface area (Å²) in [5.74, 6) is 0.756. The van der Waals surface area contributed by atoms with Gasteiger partial charge in [0.2, 0.25) is 5.91 Å². The van der Waals surface area contributed by atoms with E-state index in [1.165, 1.54) is 24.9 Å². The zero-order valence-electron chi connectivity index (χ0n) is 12.6. The van der Waals surface area contributed by atoms with Crippen molar-refractivity contribution >= 4 is 23.0 Å². The molecule has 1 aromatic rings. The van der Waals surface area contributed by atoms with E-state index in [0.717, 1.165) is 30.9 Å². The lowest BCUT2D eigenvalue weighted by Crippen LogP contribution is -2.35. The Morgan fingerprint density at radius 3 is 3.10 bits per heavy atom. The highest BCUT2D eigenvalue weighted by Crippen LogP contribution is 2.31. The van der Waals surface area contributed by atoms with Crippen LogP contribution in [-0.4, -0.2) is 37.5 Å². The van der Waals surface area contributed by atoms with Crippen LogP contribution in [0.1, 0.15) is 24.8 Å². The normalized spacial score (nSPS) is 22.5. The lowest BCUT2D eigenvalue weighted by molar-refractivity contribution is -0.116. The number of hydrogen-bond donors (Lipinski definition) is 3. The van der Waals surface area contributed by atoms with Crippen molar-refractivity contribution in [3.63, 3.8) is 0 Å². The lowest BCUT2D eigenvalue weighted by Gasteiger charge is -2.30. The minimum atomic E-state index is 0.0767. The molecule has 1 saturated heterocycles. The molecule has 2 heterocycles. The number of amides is 1. The molecule has 5 heteroatoms. The van der Waals surface area contributed by atoms with E-state index >= 15 is 0 Å². The van der Waals surface area contributed by atoms with Gasteiger partial charge >= 0.3 is 0 Å². The highest BCUT2D eigenvalue weighted by molar-refractivity contribution is 5.95. The van der Waals surface area contributed by atoms with Crippen molar-refractivity contribution in [3.05, 3.63) is 17.7 Å². The van der Waals surface area contributed by atoms with Crippen molar-refractivity contribution in [3.8, 4) is 0 Å². The number of fused-ring (bicyclic) bond motifs is 1. The summed E-state index contributed by atoms with van der Waals surface area (Å²) in [5, 5.41) is 6.39. The monoisotopic (exact) mass is 288 g/mol. The molecule has 1 fully saturated rings. The zero-order valence-corrected chi connectivity index (χ0v) is 12.6. The molecule has 0 aromatic heterocycles. The number of likely N-dealkylation sites (tertiary alicyclic amines) is 1. The third-order valence-corrected chi connectivity index (χ3v) is 4.47. The fourth-order valence-corrected chi connectivity index (χ4v) is 3.29. The van der Waals surface area contributed by atoms with Crippen LogP contribution < -0.4 is 16.4 Å². The van der Waals surface area contributed by atoms with Gasteiger partial charge in [0.15, 0.2) is 0 Å². The molecule has 0 spiro atoms. The van der Waals surface area contributed by atoms with E-state index in [9.17, 15) is 4.79 Å². The average molecular weight is 288 g/mol. The quantitative estimate of drug-likeness (QED) is 0.743. The van der Waals surface area contributed by atoms with Crippen LogP contribution in [0.5, 0.6) is 0 Å². The molecule has 5 nitrogen and oxygen atoms in total. The maximum absolute atomic E-state index is 11.4. The second-order valence-electron chi connectivity index (χ2n) is 6.30. The Hall–Kier alpha value is -1.75. The summed E-state index contributed by atoms with van der Waals surface area (Å²) in [4.78, 5) is 13.8. The van der Waals surface area contributed by atoms with Gasteiger partial charge < -0.3 is 21.3 Å². The van der Waals surface area contributed by atoms with E-state index in [4.69, 9.17) is 5.73 Å². The number of anilines is 3. The number of carbonyl (C=O) groups is 1. The van der Waals surface area contributed by atoms with Gasteiger partial charge in [-0.3, -0.25) is 4.79 Å². The molecule has 1 amide bonds. The molecular weight excluding hydrogens is 264 g/mol. The molecule has 4 N–H and O–H groups in total. The molecule has 0 saturated carbocycles. The molecule has 114 valence electrons. The minimum absolute atomic E-state index is 0.0767. The predicted octanol–water partition coefficient (Wildman–Crippen LogP) is 1.91. The molecule has 2 aliphatic heterocycles. The van der Waals surface area contributed by atoms with E-state index in [-0.39, 0.29) is 5.91 Å². The number of nitrogens with one attached hydrogen (secondary N) is 2. The average Bonchev–Trinajstić information content (AvgIpc) is 2.45. The van der Waals surface area contributed by atoms with Crippen LogP contribution in [0.4, 0.5) is 17.1 Å². The Morgan fingerprint density at radius 2 is 2.29 bits per heavy atom. The van der Waals surface area contributed by atoms with Crippen molar-refractivity contribution in [2.45, 2.75) is 25.7 Å². The van der Waals surface area contributed by atoms with Crippen LogP contribution in [0.3, 0.4) is 0 Å². The number of benzene rings is 1. The third kappa shape index (κ3) is 3.29. The van der Waals surface area contributed by atoms with Gasteiger partial charge in [-0.15, -0.1) is 0 Å². The van der Waals surface area contributed by atoms with Gasteiger partial charge in [0, 0.05) is 25.2 Å². The van der Waals surface area contributed by atoms with E-state index in [0.29, 0.717) is 18.0 Å². The number of nitrogens with zero attached hydrogens (tertiary/aromatic N) is 1. The highest BCUT2D eigenvalue weighted by atomic mass is 16.1. The first kappa shape index (κ1) is 14.2. The summed E-state index contributed by atoms with van der Waals surface area (Å²) < 4.78 is 0. The molecule has 2 aliphatic rings. The predicted molar refractivity (Wildman–Crippen MR) is 86.5 cm³/mol. The number of aryl methyl sites for hydroxylation is 1. The molecule has 1 unspecified atom stereocenters. The summed E-state index contributed by atoms with van der Waals surface area (Å²) in [7, 11) is 2.18. The van der Waals surface area contributed by atoms with Gasteiger partial charge in [0.05, 0.1) is 11.4 Å². The number of nitrogen functional groups attached to an aromatic ring is 1. The Bertz CT molecular complexity index is 543. The zero-order chi connectivity index (χ0) is 14.8. The van der Waals surface area contributed by atoms with Crippen molar-refractivity contribution < 1.29 is 4.79 Å². The van der Waals surface area contributed by atoms with Crippen molar-refractivity contribution in [1.82, 2.24) is 4.90 Å². The SMILES string of the molecule is CN1CCCC(CNc2cc3c(cc2N)NC(=O)CC3)C1. The topological polar surface area (TPSA) is 70.4 Å². The molecule has 0 radical (unpaired) electrons. The van der Waals surface area contributed by atoms with Crippen molar-refractivity contribution in [2.24, 2.45) is 5.92 Å². The Morgan fingerprint density at radius 1 is 1.43 bits per heavy atom. The van der Waals surface area contributed by atoms with Gasteiger partial charge in [0.1, 0.15) is 0 Å². The maximum atomic E-state index is 11.4. The summed E-state index contributed by atoms with van der Waals surface area (Å²) in [6.07, 6.45) is 3.90. The molecule has 0 aliphatic carbocycles. The minimum Gasteiger partial charge on any atom is -0.397 e. The van der Waals surface area contributed by atoms with Gasteiger partial charge in [0.25, 0.3) is 0 Å². The fourth-order valence-electron chi connectivity index (χ4n) is 3.29. The van der Waals surface area contributed by atoms with E-state index in [1.807, 2.05) is 6.07 Å². The standard InChI is InChI=1S/C16H24N4O/c1-20-6-2-3-11(10-20)9-18-15-7-12-4-5-16(21)19-14(12)8-13(15)17/h7-8,11,18H,2-6,9-10,17H2,1H3,(H,19,21). The molecule has 21 heavy (non-hydrogen) atoms. The number of hydrogen-bond acceptors (Lipinski definition) is 4. The van der Waals surface area contributed by atoms with Gasteiger partial charge in [-0.1, -0.05) is 0 Å². The van der Waals surface area contributed by atoms with Gasteiger partial charge in [-0.05, 0) is 56.5 Å². The van der Waals surface area contributed by atoms with E-state index in [2.05, 4.69) is 28.6 Å². The molecule has 1 atom stereocenters. The molecule has 3 rings (SSSR count). The first-order chi connectivity index (χ1) is 10.1. The van der Waals surface area contributed by atoms with Crippen molar-refractivity contribution in [1.29, 1.82) is 0 Å². The first-order valence-corrected chi connectivity index (χ1v) is 7.76. The van der Waals surface area contributed by atoms with Crippen LogP contribution in [0, 0.1) is 5.92 Å². The molecular formula is C16H24N4O. The second-order valence-corrected chi connectivity index (χ2v) is 6.30. The molecule has 0 bridgehead atoms. The summed E-state index contributed by atoms with van der Waals surface area (Å²) in [6.45, 7) is 3.31. The molecule has 1 aromatic carbocycles. The van der Waals surface area contributed by atoms with E-state index < -0.39 is 0 Å². The van der Waals surface area contributed by atoms with Crippen LogP contribution in [0.15, 0.2) is 12.1 Å². The smallest absolute Gasteiger partial charge is 0.224 e. The Labute approximate surface area is 125 Å². The summed E-state index contributed by atoms with van der Waals surface area (Å²) in [6, 6.07) is 3.97. The first-order valence-electron chi connectivity index (χ1n) is 7.76. The number of carbonyl (C=O) groups excluding carboxylic acids is 1. The van der Waals surface area contributed by atoms with Crippen LogP contribution in [0.25, 0.3) is 0 Å². The highest BCUT2D eigenvalue weighted by Gasteiger charge is 2.19. The third-order valence-electron chi connectivity index (χ3n) is 4.47. The number of nitrogens with two attached hydrogens (primary N) is 1. The van der Waals surface area contributed by atoms with Crippen LogP contribution in [-0.2, 0) is 11.2 Å². The largest absolute Gasteiger partial charge is 0.397 e. The van der Waals surface area contributed by atoms with Gasteiger partial charge in [-0.25, -0.2) is 0 Å². The van der Waals surface area contributed by atoms with E-state index in [1.54, 1.807) is 0 Å². The maximum Gasteiger partial charge on any atom is 0.224 e.